The number of hydrogen-bond acceptors (Lipinski definition) is 3. The minimum absolute atomic E-state index is 0.00172. The number of esters is 1. The lowest BCUT2D eigenvalue weighted by Crippen LogP contribution is -2.05. The minimum Gasteiger partial charge on any atom is -0.466 e. The van der Waals surface area contributed by atoms with Gasteiger partial charge in [0.25, 0.3) is 0 Å². The summed E-state index contributed by atoms with van der Waals surface area (Å²) in [6, 6.07) is 0. The summed E-state index contributed by atoms with van der Waals surface area (Å²) in [5.41, 5.74) is 0. The van der Waals surface area contributed by atoms with Gasteiger partial charge in [-0.15, -0.1) is 0 Å². The summed E-state index contributed by atoms with van der Waals surface area (Å²) in [5.74, 6) is 0.253. The van der Waals surface area contributed by atoms with Crippen LogP contribution in [0.2, 0.25) is 0 Å². The van der Waals surface area contributed by atoms with Crippen molar-refractivity contribution in [3.63, 3.8) is 0 Å². The third-order valence-corrected chi connectivity index (χ3v) is 5.24. The largest absolute Gasteiger partial charge is 0.466 e. The molecule has 0 saturated carbocycles. The molecule has 0 fully saturated rings. The molecule has 0 rings (SSSR count). The fourth-order valence-corrected chi connectivity index (χ4v) is 3.04. The molecule has 0 bridgehead atoms. The number of ether oxygens (including phenoxy) is 1. The second kappa shape index (κ2) is 27.1. The molecule has 29 heavy (non-hydrogen) atoms. The predicted octanol–water partition coefficient (Wildman–Crippen LogP) is 8.58. The van der Waals surface area contributed by atoms with Crippen LogP contribution in [0, 0.1) is 0 Å². The van der Waals surface area contributed by atoms with E-state index in [0.29, 0.717) is 19.4 Å². The van der Waals surface area contributed by atoms with Crippen molar-refractivity contribution in [3.8, 4) is 0 Å². The molecule has 0 saturated heterocycles. The van der Waals surface area contributed by atoms with Crippen molar-refractivity contribution in [1.82, 2.24) is 0 Å². The maximum atomic E-state index is 11.4. The van der Waals surface area contributed by atoms with Gasteiger partial charge in [0, 0.05) is 12.8 Å². The molecule has 0 unspecified atom stereocenters. The smallest absolute Gasteiger partial charge is 0.305 e. The molecule has 0 spiro atoms. The Morgan fingerprint density at radius 3 is 1.24 bits per heavy atom. The summed E-state index contributed by atoms with van der Waals surface area (Å²) in [4.78, 5) is 21.2. The summed E-state index contributed by atoms with van der Waals surface area (Å²) in [5, 5.41) is 0. The molecule has 0 amide bonds. The highest BCUT2D eigenvalue weighted by atomic mass is 16.5. The fraction of sp³-hybridized carbons (Fsp3) is 0.923. The normalized spacial score (nSPS) is 10.3. The van der Waals surface area contributed by atoms with Crippen molar-refractivity contribution < 1.29 is 14.3 Å². The average molecular weight is 413 g/mol. The van der Waals surface area contributed by atoms with Crippen molar-refractivity contribution in [3.05, 3.63) is 0 Å². The molecular formula is C26H52O3. The molecule has 0 aromatic heterocycles. The van der Waals surface area contributed by atoms with Crippen LogP contribution in [0.15, 0.2) is 0 Å². The molecule has 0 atom stereocenters. The number of unbranched alkanes of at least 4 members (excludes halogenated alkanes) is 15. The van der Waals surface area contributed by atoms with Crippen molar-refractivity contribution in [2.45, 2.75) is 150 Å². The second-order valence-electron chi connectivity index (χ2n) is 8.33. The van der Waals surface area contributed by atoms with Crippen molar-refractivity contribution in [2.75, 3.05) is 6.61 Å². The van der Waals surface area contributed by atoms with Crippen molar-refractivity contribution in [1.29, 1.82) is 0 Å². The van der Waals surface area contributed by atoms with E-state index in [2.05, 4.69) is 13.8 Å². The van der Waals surface area contributed by atoms with E-state index < -0.39 is 0 Å². The summed E-state index contributed by atoms with van der Waals surface area (Å²) in [6.45, 7) is 8.43. The number of Topliss-reactive ketones (excluding diaryl/α,β-unsaturated/α-hetero) is 1. The van der Waals surface area contributed by atoms with Gasteiger partial charge in [-0.1, -0.05) is 117 Å². The topological polar surface area (TPSA) is 43.4 Å². The molecule has 0 N–H and O–H groups in total. The van der Waals surface area contributed by atoms with Gasteiger partial charge in [-0.25, -0.2) is 0 Å². The van der Waals surface area contributed by atoms with Gasteiger partial charge in [0.15, 0.2) is 0 Å². The first-order valence-corrected chi connectivity index (χ1v) is 12.7. The van der Waals surface area contributed by atoms with E-state index in [4.69, 9.17) is 4.74 Å². The Hall–Kier alpha value is -0.860. The van der Waals surface area contributed by atoms with Crippen LogP contribution >= 0.6 is 0 Å². The third kappa shape index (κ3) is 32.0. The monoisotopic (exact) mass is 412 g/mol. The Morgan fingerprint density at radius 1 is 0.552 bits per heavy atom. The quantitative estimate of drug-likeness (QED) is 0.148. The van der Waals surface area contributed by atoms with Gasteiger partial charge >= 0.3 is 5.97 Å². The first-order chi connectivity index (χ1) is 14.1. The van der Waals surface area contributed by atoms with E-state index in [1.165, 1.54) is 89.9 Å². The van der Waals surface area contributed by atoms with Gasteiger partial charge in [-0.3, -0.25) is 4.79 Å². The zero-order valence-corrected chi connectivity index (χ0v) is 20.4. The Bertz CT molecular complexity index is 339. The highest BCUT2D eigenvalue weighted by Crippen LogP contribution is 2.13. The number of ketones is 1. The van der Waals surface area contributed by atoms with Gasteiger partial charge in [0.1, 0.15) is 5.78 Å². The SMILES string of the molecule is CCC(C)=O.CCCCCCCCCCCCCCCCCC(=O)OCCCC. The van der Waals surface area contributed by atoms with Crippen LogP contribution in [0.3, 0.4) is 0 Å². The van der Waals surface area contributed by atoms with E-state index in [0.717, 1.165) is 19.3 Å². The van der Waals surface area contributed by atoms with Crippen LogP contribution in [-0.4, -0.2) is 18.4 Å². The minimum atomic E-state index is -0.00172. The number of carbonyl (C=O) groups excluding carboxylic acids is 2. The molecule has 0 aliphatic carbocycles. The fourth-order valence-electron chi connectivity index (χ4n) is 3.04. The van der Waals surface area contributed by atoms with Gasteiger partial charge in [0.2, 0.25) is 0 Å². The highest BCUT2D eigenvalue weighted by Gasteiger charge is 2.01. The van der Waals surface area contributed by atoms with Crippen molar-refractivity contribution in [2.24, 2.45) is 0 Å². The van der Waals surface area contributed by atoms with Crippen LogP contribution in [-0.2, 0) is 14.3 Å². The lowest BCUT2D eigenvalue weighted by Gasteiger charge is -2.04. The molecule has 0 aromatic carbocycles. The van der Waals surface area contributed by atoms with Gasteiger partial charge in [-0.05, 0) is 19.8 Å². The molecule has 0 radical (unpaired) electrons. The Labute approximate surface area is 182 Å². The van der Waals surface area contributed by atoms with E-state index in [1.54, 1.807) is 6.92 Å². The Morgan fingerprint density at radius 2 is 0.897 bits per heavy atom. The second-order valence-corrected chi connectivity index (χ2v) is 8.33. The zero-order valence-electron chi connectivity index (χ0n) is 20.4. The molecule has 174 valence electrons. The molecule has 0 aliphatic rings. The highest BCUT2D eigenvalue weighted by molar-refractivity contribution is 5.74. The summed E-state index contributed by atoms with van der Waals surface area (Å²) in [7, 11) is 0. The maximum Gasteiger partial charge on any atom is 0.305 e. The lowest BCUT2D eigenvalue weighted by molar-refractivity contribution is -0.143. The third-order valence-electron chi connectivity index (χ3n) is 5.24. The summed E-state index contributed by atoms with van der Waals surface area (Å²) in [6.07, 6.45) is 23.7. The zero-order chi connectivity index (χ0) is 22.0. The molecule has 3 nitrogen and oxygen atoms in total. The summed E-state index contributed by atoms with van der Waals surface area (Å²) < 4.78 is 5.16. The van der Waals surface area contributed by atoms with E-state index in [9.17, 15) is 9.59 Å². The first-order valence-electron chi connectivity index (χ1n) is 12.7. The standard InChI is InChI=1S/C22H44O2.C4H8O/c1-3-5-7-8-9-10-11-12-13-14-15-16-17-18-19-20-22(23)24-21-6-4-2;1-3-4(2)5/h3-21H2,1-2H3;3H2,1-2H3. The van der Waals surface area contributed by atoms with Gasteiger partial charge in [0.05, 0.1) is 6.61 Å². The van der Waals surface area contributed by atoms with Crippen LogP contribution in [0.1, 0.15) is 150 Å². The van der Waals surface area contributed by atoms with E-state index in [1.807, 2.05) is 6.92 Å². The molecule has 0 heterocycles. The maximum absolute atomic E-state index is 11.4. The summed E-state index contributed by atoms with van der Waals surface area (Å²) >= 11 is 0. The lowest BCUT2D eigenvalue weighted by atomic mass is 10.0. The molecular weight excluding hydrogens is 360 g/mol. The van der Waals surface area contributed by atoms with Gasteiger partial charge < -0.3 is 9.53 Å². The van der Waals surface area contributed by atoms with Gasteiger partial charge in [-0.2, -0.15) is 0 Å². The molecule has 3 heteroatoms. The van der Waals surface area contributed by atoms with Crippen LogP contribution in [0.25, 0.3) is 0 Å². The predicted molar refractivity (Wildman–Crippen MR) is 126 cm³/mol. The Balaban J connectivity index is 0. The number of carbonyl (C=O) groups is 2. The van der Waals surface area contributed by atoms with Crippen LogP contribution in [0.4, 0.5) is 0 Å². The molecule has 0 aliphatic heterocycles. The number of rotatable bonds is 20. The Kier molecular flexibility index (Phi) is 28.4. The van der Waals surface area contributed by atoms with E-state index >= 15 is 0 Å². The average Bonchev–Trinajstić information content (AvgIpc) is 2.71. The van der Waals surface area contributed by atoms with Crippen LogP contribution < -0.4 is 0 Å². The van der Waals surface area contributed by atoms with Crippen molar-refractivity contribution >= 4 is 11.8 Å². The first kappa shape index (κ1) is 30.3. The van der Waals surface area contributed by atoms with Crippen LogP contribution in [0.5, 0.6) is 0 Å². The molecule has 0 aromatic rings. The van der Waals surface area contributed by atoms with E-state index in [-0.39, 0.29) is 11.8 Å². The number of hydrogen-bond donors (Lipinski definition) is 0.